The zero-order valence-corrected chi connectivity index (χ0v) is 14.8. The molecule has 0 amide bonds. The van der Waals surface area contributed by atoms with Gasteiger partial charge in [-0.1, -0.05) is 79.4 Å². The van der Waals surface area contributed by atoms with E-state index >= 15 is 0 Å². The van der Waals surface area contributed by atoms with E-state index in [-0.39, 0.29) is 5.41 Å². The van der Waals surface area contributed by atoms with Crippen molar-refractivity contribution in [3.8, 4) is 0 Å². The van der Waals surface area contributed by atoms with E-state index in [1.807, 2.05) is 0 Å². The Morgan fingerprint density at radius 2 is 1.40 bits per heavy atom. The maximum atomic E-state index is 5.96. The first-order valence-electron chi connectivity index (χ1n) is 8.79. The summed E-state index contributed by atoms with van der Waals surface area (Å²) in [4.78, 5) is 0. The highest BCUT2D eigenvalue weighted by Gasteiger charge is 2.60. The molecule has 1 heteroatoms. The molecular formula is C24H19Cl. The fourth-order valence-corrected chi connectivity index (χ4v) is 4.84. The summed E-state index contributed by atoms with van der Waals surface area (Å²) in [5.41, 5.74) is 9.32. The molecule has 0 heterocycles. The van der Waals surface area contributed by atoms with Crippen LogP contribution in [0, 0.1) is 0 Å². The van der Waals surface area contributed by atoms with Gasteiger partial charge in [0, 0.05) is 11.3 Å². The van der Waals surface area contributed by atoms with Crippen molar-refractivity contribution in [3.05, 3.63) is 113 Å². The lowest BCUT2D eigenvalue weighted by molar-refractivity contribution is 0.787. The fourth-order valence-electron chi connectivity index (χ4n) is 4.66. The third-order valence-corrected chi connectivity index (χ3v) is 6.27. The molecule has 0 N–H and O–H groups in total. The molecule has 1 fully saturated rings. The molecule has 2 aliphatic carbocycles. The molecule has 1 unspecified atom stereocenters. The van der Waals surface area contributed by atoms with Crippen LogP contribution in [0.5, 0.6) is 0 Å². The Hall–Kier alpha value is -2.31. The van der Waals surface area contributed by atoms with Crippen LogP contribution in [0.2, 0.25) is 0 Å². The van der Waals surface area contributed by atoms with Gasteiger partial charge >= 0.3 is 0 Å². The molecule has 3 aromatic carbocycles. The number of halogens is 1. The van der Waals surface area contributed by atoms with Gasteiger partial charge in [0.15, 0.2) is 0 Å². The van der Waals surface area contributed by atoms with Gasteiger partial charge in [0.25, 0.3) is 0 Å². The Morgan fingerprint density at radius 3 is 1.96 bits per heavy atom. The summed E-state index contributed by atoms with van der Waals surface area (Å²) < 4.78 is 0. The Balaban J connectivity index is 1.69. The molecular weight excluding hydrogens is 324 g/mol. The van der Waals surface area contributed by atoms with Crippen LogP contribution in [0.3, 0.4) is 0 Å². The minimum Gasteiger partial charge on any atom is -0.122 e. The Morgan fingerprint density at radius 1 is 0.840 bits per heavy atom. The summed E-state index contributed by atoms with van der Waals surface area (Å²) in [5.74, 6) is 1.09. The van der Waals surface area contributed by atoms with Gasteiger partial charge in [-0.3, -0.25) is 0 Å². The molecule has 1 saturated carbocycles. The van der Waals surface area contributed by atoms with Crippen molar-refractivity contribution in [3.63, 3.8) is 0 Å². The lowest BCUT2D eigenvalue weighted by Gasteiger charge is -2.31. The number of benzene rings is 3. The Labute approximate surface area is 153 Å². The second kappa shape index (κ2) is 5.34. The molecule has 1 atom stereocenters. The van der Waals surface area contributed by atoms with Crippen molar-refractivity contribution in [2.24, 2.45) is 0 Å². The van der Waals surface area contributed by atoms with Gasteiger partial charge in [0.1, 0.15) is 0 Å². The predicted molar refractivity (Wildman–Crippen MR) is 105 cm³/mol. The van der Waals surface area contributed by atoms with Gasteiger partial charge in [-0.05, 0) is 51.3 Å². The summed E-state index contributed by atoms with van der Waals surface area (Å²) >= 11 is 5.96. The zero-order chi connectivity index (χ0) is 17.0. The average Bonchev–Trinajstić information content (AvgIpc) is 3.43. The van der Waals surface area contributed by atoms with Crippen molar-refractivity contribution in [2.45, 2.75) is 23.6 Å². The molecule has 2 aliphatic rings. The minimum atomic E-state index is 0.0941. The maximum absolute atomic E-state index is 5.96. The molecule has 122 valence electrons. The molecule has 0 bridgehead atoms. The van der Waals surface area contributed by atoms with E-state index in [9.17, 15) is 0 Å². The van der Waals surface area contributed by atoms with Crippen LogP contribution in [0.4, 0.5) is 0 Å². The van der Waals surface area contributed by atoms with Crippen molar-refractivity contribution < 1.29 is 0 Å². The molecule has 5 rings (SSSR count). The molecule has 1 spiro atoms. The smallest absolute Gasteiger partial charge is 0.0474 e. The third kappa shape index (κ3) is 2.01. The summed E-state index contributed by atoms with van der Waals surface area (Å²) in [6.45, 7) is 4.40. The molecule has 0 radical (unpaired) electrons. The zero-order valence-electron chi connectivity index (χ0n) is 14.0. The largest absolute Gasteiger partial charge is 0.122 e. The third-order valence-electron chi connectivity index (χ3n) is 5.96. The van der Waals surface area contributed by atoms with Crippen LogP contribution in [-0.4, -0.2) is 0 Å². The predicted octanol–water partition coefficient (Wildman–Crippen LogP) is 6.27. The highest BCUT2D eigenvalue weighted by atomic mass is 35.5. The average molecular weight is 343 g/mol. The molecule has 0 aromatic heterocycles. The van der Waals surface area contributed by atoms with E-state index in [1.54, 1.807) is 0 Å². The van der Waals surface area contributed by atoms with Gasteiger partial charge in [-0.2, -0.15) is 0 Å². The second-order valence-corrected chi connectivity index (χ2v) is 7.44. The van der Waals surface area contributed by atoms with Gasteiger partial charge < -0.3 is 0 Å². The first-order chi connectivity index (χ1) is 12.3. The maximum Gasteiger partial charge on any atom is 0.0474 e. The van der Waals surface area contributed by atoms with Crippen LogP contribution >= 0.6 is 11.6 Å². The van der Waals surface area contributed by atoms with E-state index in [1.165, 1.54) is 33.4 Å². The molecule has 25 heavy (non-hydrogen) atoms. The number of hydrogen-bond donors (Lipinski definition) is 0. The topological polar surface area (TPSA) is 0 Å². The van der Waals surface area contributed by atoms with E-state index < -0.39 is 0 Å². The van der Waals surface area contributed by atoms with Crippen LogP contribution in [0.1, 0.15) is 45.7 Å². The first kappa shape index (κ1) is 15.0. The SMILES string of the molecule is C=C1c2ccccc2C2(CC2c2ccc(CCl)cc2)c2ccccc21. The van der Waals surface area contributed by atoms with Crippen LogP contribution in [0.25, 0.3) is 5.57 Å². The minimum absolute atomic E-state index is 0.0941. The van der Waals surface area contributed by atoms with Crippen LogP contribution < -0.4 is 0 Å². The van der Waals surface area contributed by atoms with Crippen molar-refractivity contribution in [1.29, 1.82) is 0 Å². The van der Waals surface area contributed by atoms with Crippen LogP contribution in [0.15, 0.2) is 79.4 Å². The number of fused-ring (bicyclic) bond motifs is 4. The molecule has 0 nitrogen and oxygen atoms in total. The quantitative estimate of drug-likeness (QED) is 0.481. The highest BCUT2D eigenvalue weighted by molar-refractivity contribution is 6.17. The Bertz CT molecular complexity index is 931. The number of hydrogen-bond acceptors (Lipinski definition) is 0. The van der Waals surface area contributed by atoms with E-state index in [2.05, 4.69) is 79.4 Å². The van der Waals surface area contributed by atoms with E-state index in [0.717, 1.165) is 12.0 Å². The van der Waals surface area contributed by atoms with Crippen LogP contribution in [-0.2, 0) is 11.3 Å². The van der Waals surface area contributed by atoms with Crippen molar-refractivity contribution in [1.82, 2.24) is 0 Å². The number of alkyl halides is 1. The summed E-state index contributed by atoms with van der Waals surface area (Å²) in [5, 5.41) is 0. The normalized spacial score (nSPS) is 19.4. The monoisotopic (exact) mass is 342 g/mol. The number of rotatable bonds is 2. The standard InChI is InChI=1S/C24H19Cl/c1-16-19-6-2-4-8-21(19)24(22-9-5-3-7-20(16)22)14-23(24)18-12-10-17(15-25)11-13-18/h2-13,23H,1,14-15H2. The second-order valence-electron chi connectivity index (χ2n) is 7.17. The van der Waals surface area contributed by atoms with Crippen molar-refractivity contribution >= 4 is 17.2 Å². The summed E-state index contributed by atoms with van der Waals surface area (Å²) in [6, 6.07) is 26.4. The Kier molecular flexibility index (Phi) is 3.20. The lowest BCUT2D eigenvalue weighted by atomic mass is 9.72. The van der Waals surface area contributed by atoms with Gasteiger partial charge in [-0.25, -0.2) is 0 Å². The summed E-state index contributed by atoms with van der Waals surface area (Å²) in [7, 11) is 0. The van der Waals surface area contributed by atoms with Gasteiger partial charge in [0.2, 0.25) is 0 Å². The fraction of sp³-hybridized carbons (Fsp3) is 0.167. The first-order valence-corrected chi connectivity index (χ1v) is 9.32. The molecule has 3 aromatic rings. The summed E-state index contributed by atoms with van der Waals surface area (Å²) in [6.07, 6.45) is 1.16. The molecule has 0 saturated heterocycles. The van der Waals surface area contributed by atoms with E-state index in [0.29, 0.717) is 11.8 Å². The van der Waals surface area contributed by atoms with Crippen molar-refractivity contribution in [2.75, 3.05) is 0 Å². The highest BCUT2D eigenvalue weighted by Crippen LogP contribution is 2.68. The van der Waals surface area contributed by atoms with Gasteiger partial charge in [-0.15, -0.1) is 11.6 Å². The van der Waals surface area contributed by atoms with E-state index in [4.69, 9.17) is 11.6 Å². The van der Waals surface area contributed by atoms with Gasteiger partial charge in [0.05, 0.1) is 0 Å². The molecule has 0 aliphatic heterocycles. The lowest BCUT2D eigenvalue weighted by Crippen LogP contribution is -2.20.